The van der Waals surface area contributed by atoms with Crippen molar-refractivity contribution in [2.45, 2.75) is 12.5 Å². The Balaban J connectivity index is 2.45. The first-order valence-corrected chi connectivity index (χ1v) is 4.82. The predicted molar refractivity (Wildman–Crippen MR) is 53.2 cm³/mol. The first-order chi connectivity index (χ1) is 7.56. The fraction of sp³-hybridized carbons (Fsp3) is 0.455. The second kappa shape index (κ2) is 3.37. The molecule has 0 amide bonds. The first kappa shape index (κ1) is 10.7. The Bertz CT molecular complexity index is 420. The van der Waals surface area contributed by atoms with Crippen LogP contribution in [-0.4, -0.2) is 31.8 Å². The van der Waals surface area contributed by atoms with Gasteiger partial charge >= 0.3 is 11.9 Å². The highest BCUT2D eigenvalue weighted by Gasteiger charge is 2.59. The lowest BCUT2D eigenvalue weighted by Gasteiger charge is -2.41. The third-order valence-electron chi connectivity index (χ3n) is 3.05. The van der Waals surface area contributed by atoms with Gasteiger partial charge in [0.05, 0.1) is 37.5 Å². The average Bonchev–Trinajstić information content (AvgIpc) is 2.58. The number of methoxy groups -OCH3 is 2. The molecular weight excluding hydrogens is 212 g/mol. The monoisotopic (exact) mass is 224 g/mol. The molecule has 2 rings (SSSR count). The van der Waals surface area contributed by atoms with Crippen LogP contribution in [0.5, 0.6) is 0 Å². The number of carbonyl (C=O) groups excluding carboxylic acids is 2. The van der Waals surface area contributed by atoms with Crippen LogP contribution in [-0.2, 0) is 23.8 Å². The van der Waals surface area contributed by atoms with Crippen molar-refractivity contribution in [3.63, 3.8) is 0 Å². The Morgan fingerprint density at radius 2 is 1.94 bits per heavy atom. The van der Waals surface area contributed by atoms with Gasteiger partial charge in [-0.2, -0.15) is 0 Å². The summed E-state index contributed by atoms with van der Waals surface area (Å²) in [5.41, 5.74) is -0.209. The van der Waals surface area contributed by atoms with Gasteiger partial charge in [0.25, 0.3) is 0 Å². The first-order valence-electron chi connectivity index (χ1n) is 4.82. The van der Waals surface area contributed by atoms with Crippen LogP contribution < -0.4 is 0 Å². The Morgan fingerprint density at radius 1 is 1.31 bits per heavy atom. The maximum absolute atomic E-state index is 11.6. The summed E-state index contributed by atoms with van der Waals surface area (Å²) in [6.07, 6.45) is 3.22. The van der Waals surface area contributed by atoms with E-state index in [-0.39, 0.29) is 11.5 Å². The van der Waals surface area contributed by atoms with E-state index in [2.05, 4.69) is 9.47 Å². The number of fused-ring (bicyclic) bond motifs is 1. The predicted octanol–water partition coefficient (Wildman–Crippen LogP) is 0.561. The van der Waals surface area contributed by atoms with Gasteiger partial charge in [-0.25, -0.2) is 9.59 Å². The van der Waals surface area contributed by atoms with E-state index in [4.69, 9.17) is 4.74 Å². The quantitative estimate of drug-likeness (QED) is 0.641. The minimum atomic E-state index is -0.781. The third kappa shape index (κ3) is 1.11. The van der Waals surface area contributed by atoms with Crippen molar-refractivity contribution in [1.29, 1.82) is 0 Å². The molecule has 0 aromatic heterocycles. The largest absolute Gasteiger partial charge is 0.489 e. The molecule has 0 bridgehead atoms. The zero-order valence-electron chi connectivity index (χ0n) is 9.27. The molecule has 1 aliphatic carbocycles. The highest BCUT2D eigenvalue weighted by atomic mass is 16.5. The Labute approximate surface area is 92.7 Å². The summed E-state index contributed by atoms with van der Waals surface area (Å²) in [6.45, 7) is 1.75. The second-order valence-corrected chi connectivity index (χ2v) is 3.80. The van der Waals surface area contributed by atoms with E-state index in [0.717, 1.165) is 0 Å². The molecule has 0 unspecified atom stereocenters. The highest BCUT2D eigenvalue weighted by Crippen LogP contribution is 2.51. The van der Waals surface area contributed by atoms with Crippen LogP contribution in [0.15, 0.2) is 23.5 Å². The highest BCUT2D eigenvalue weighted by molar-refractivity contribution is 6.06. The Kier molecular flexibility index (Phi) is 2.26. The van der Waals surface area contributed by atoms with Gasteiger partial charge in [-0.1, -0.05) is 0 Å². The number of hydrogen-bond acceptors (Lipinski definition) is 5. The lowest BCUT2D eigenvalue weighted by Crippen LogP contribution is -2.51. The van der Waals surface area contributed by atoms with E-state index in [1.54, 1.807) is 13.0 Å². The molecule has 0 saturated carbocycles. The Morgan fingerprint density at radius 3 is 2.50 bits per heavy atom. The summed E-state index contributed by atoms with van der Waals surface area (Å²) in [7, 11) is 2.54. The molecule has 1 aliphatic heterocycles. The lowest BCUT2D eigenvalue weighted by molar-refractivity contribution is -0.145. The van der Waals surface area contributed by atoms with Gasteiger partial charge in [0, 0.05) is 0 Å². The van der Waals surface area contributed by atoms with Crippen molar-refractivity contribution in [2.75, 3.05) is 14.2 Å². The minimum absolute atomic E-state index is 0.228. The molecule has 2 atom stereocenters. The van der Waals surface area contributed by atoms with Crippen molar-refractivity contribution in [3.8, 4) is 0 Å². The maximum atomic E-state index is 11.6. The van der Waals surface area contributed by atoms with E-state index in [1.165, 1.54) is 20.5 Å². The Hall–Kier alpha value is -1.78. The number of carbonyl (C=O) groups is 2. The number of rotatable bonds is 2. The third-order valence-corrected chi connectivity index (χ3v) is 3.05. The molecule has 0 saturated heterocycles. The smallest absolute Gasteiger partial charge is 0.338 e. The molecule has 0 N–H and O–H groups in total. The number of esters is 2. The average molecular weight is 224 g/mol. The molecule has 5 nitrogen and oxygen atoms in total. The molecule has 16 heavy (non-hydrogen) atoms. The van der Waals surface area contributed by atoms with Gasteiger partial charge in [-0.05, 0) is 13.0 Å². The minimum Gasteiger partial charge on any atom is -0.489 e. The van der Waals surface area contributed by atoms with Gasteiger partial charge < -0.3 is 14.2 Å². The van der Waals surface area contributed by atoms with Crippen LogP contribution in [0, 0.1) is 5.92 Å². The SMILES string of the molecule is COC(=O)C1=C(C(=O)OC)[C@]2(C)OC=C[C@H]12. The molecular formula is C11H12O5. The molecule has 0 aromatic carbocycles. The van der Waals surface area contributed by atoms with Gasteiger partial charge in [-0.3, -0.25) is 0 Å². The van der Waals surface area contributed by atoms with Gasteiger partial charge in [0.1, 0.15) is 5.60 Å². The zero-order valence-corrected chi connectivity index (χ0v) is 9.27. The normalized spacial score (nSPS) is 30.3. The molecule has 1 heterocycles. The topological polar surface area (TPSA) is 61.8 Å². The summed E-state index contributed by atoms with van der Waals surface area (Å²) in [4.78, 5) is 23.1. The fourth-order valence-electron chi connectivity index (χ4n) is 2.20. The lowest BCUT2D eigenvalue weighted by atomic mass is 9.65. The van der Waals surface area contributed by atoms with E-state index >= 15 is 0 Å². The second-order valence-electron chi connectivity index (χ2n) is 3.80. The molecule has 0 fully saturated rings. The molecule has 0 radical (unpaired) electrons. The summed E-state index contributed by atoms with van der Waals surface area (Å²) in [6, 6.07) is 0. The van der Waals surface area contributed by atoms with Gasteiger partial charge in [-0.15, -0.1) is 0 Å². The zero-order chi connectivity index (χ0) is 11.9. The van der Waals surface area contributed by atoms with Crippen molar-refractivity contribution < 1.29 is 23.8 Å². The van der Waals surface area contributed by atoms with Crippen LogP contribution in [0.4, 0.5) is 0 Å². The van der Waals surface area contributed by atoms with Crippen LogP contribution in [0.3, 0.4) is 0 Å². The summed E-state index contributed by atoms with van der Waals surface area (Å²) in [5, 5.41) is 0. The van der Waals surface area contributed by atoms with Crippen LogP contribution in [0.1, 0.15) is 6.92 Å². The van der Waals surface area contributed by atoms with Crippen LogP contribution in [0.25, 0.3) is 0 Å². The molecule has 0 spiro atoms. The van der Waals surface area contributed by atoms with E-state index < -0.39 is 17.5 Å². The van der Waals surface area contributed by atoms with E-state index in [1.807, 2.05) is 0 Å². The van der Waals surface area contributed by atoms with E-state index in [9.17, 15) is 9.59 Å². The molecule has 86 valence electrons. The summed E-state index contributed by atoms with van der Waals surface area (Å²) < 4.78 is 14.6. The van der Waals surface area contributed by atoms with Gasteiger partial charge in [0.15, 0.2) is 0 Å². The molecule has 2 aliphatic rings. The summed E-state index contributed by atoms with van der Waals surface area (Å²) in [5.74, 6) is -1.30. The molecule has 0 aromatic rings. The maximum Gasteiger partial charge on any atom is 0.338 e. The molecule has 5 heteroatoms. The van der Waals surface area contributed by atoms with Gasteiger partial charge in [0.2, 0.25) is 0 Å². The number of hydrogen-bond donors (Lipinski definition) is 0. The van der Waals surface area contributed by atoms with Crippen LogP contribution >= 0.6 is 0 Å². The van der Waals surface area contributed by atoms with Crippen molar-refractivity contribution in [1.82, 2.24) is 0 Å². The number of ether oxygens (including phenoxy) is 3. The van der Waals surface area contributed by atoms with Crippen molar-refractivity contribution in [2.24, 2.45) is 5.92 Å². The summed E-state index contributed by atoms with van der Waals surface area (Å²) >= 11 is 0. The van der Waals surface area contributed by atoms with Crippen molar-refractivity contribution in [3.05, 3.63) is 23.5 Å². The fourth-order valence-corrected chi connectivity index (χ4v) is 2.20. The van der Waals surface area contributed by atoms with E-state index in [0.29, 0.717) is 5.57 Å². The standard InChI is InChI=1S/C11H12O5/c1-11-6(4-5-16-11)7(9(12)14-2)8(11)10(13)15-3/h4-6H,1-3H3/t6-,11-/m1/s1. The van der Waals surface area contributed by atoms with Crippen LogP contribution in [0.2, 0.25) is 0 Å². The van der Waals surface area contributed by atoms with Crippen molar-refractivity contribution >= 4 is 11.9 Å².